The van der Waals surface area contributed by atoms with Crippen molar-refractivity contribution in [3.05, 3.63) is 83.0 Å². The predicted octanol–water partition coefficient (Wildman–Crippen LogP) is 6.03. The number of aryl methyl sites for hydroxylation is 1. The molecule has 2 aliphatic heterocycles. The molecule has 0 aliphatic carbocycles. The Hall–Kier alpha value is -2.63. The first-order valence-corrected chi connectivity index (χ1v) is 12.9. The van der Waals surface area contributed by atoms with Crippen LogP contribution in [0.2, 0.25) is 0 Å². The number of carbonyl (C=O) groups is 1. The summed E-state index contributed by atoms with van der Waals surface area (Å²) in [5.41, 5.74) is 3.47. The molecule has 0 bridgehead atoms. The van der Waals surface area contributed by atoms with Crippen molar-refractivity contribution in [2.75, 3.05) is 19.6 Å². The minimum Gasteiger partial charge on any atom is -0.303 e. The van der Waals surface area contributed by atoms with Crippen LogP contribution in [0.15, 0.2) is 76.8 Å². The Morgan fingerprint density at radius 1 is 1.09 bits per heavy atom. The van der Waals surface area contributed by atoms with Crippen molar-refractivity contribution in [2.45, 2.75) is 43.6 Å². The fourth-order valence-electron chi connectivity index (χ4n) is 4.84. The fourth-order valence-corrected chi connectivity index (χ4v) is 5.84. The van der Waals surface area contributed by atoms with Gasteiger partial charge in [-0.05, 0) is 93.6 Å². The second-order valence-electron chi connectivity index (χ2n) is 9.10. The normalized spacial score (nSPS) is 17.0. The second-order valence-corrected chi connectivity index (χ2v) is 10.2. The lowest BCUT2D eigenvalue weighted by molar-refractivity contribution is -0.114. The number of hydrogen-bond donors (Lipinski definition) is 0. The monoisotopic (exact) mass is 457 g/mol. The van der Waals surface area contributed by atoms with Crippen LogP contribution in [0.3, 0.4) is 0 Å². The number of allylic oxidation sites excluding steroid dienone is 2. The molecule has 170 valence electrons. The number of carbonyl (C=O) groups excluding carboxylic acids is 1. The first kappa shape index (κ1) is 22.2. The van der Waals surface area contributed by atoms with Crippen molar-refractivity contribution < 1.29 is 4.79 Å². The molecule has 1 aromatic carbocycles. The van der Waals surface area contributed by atoms with Crippen molar-refractivity contribution in [3.8, 4) is 0 Å². The molecule has 1 fully saturated rings. The van der Waals surface area contributed by atoms with Gasteiger partial charge in [-0.15, -0.1) is 0 Å². The number of benzene rings is 1. The molecule has 2 aromatic heterocycles. The number of nitrogens with zero attached hydrogens (tertiary/aromatic N) is 3. The summed E-state index contributed by atoms with van der Waals surface area (Å²) in [5, 5.41) is 1.14. The summed E-state index contributed by atoms with van der Waals surface area (Å²) in [6, 6.07) is 16.9. The molecule has 5 rings (SSSR count). The Morgan fingerprint density at radius 2 is 1.94 bits per heavy atom. The number of thioether (sulfide) groups is 1. The number of hydrogen-bond acceptors (Lipinski definition) is 4. The van der Waals surface area contributed by atoms with E-state index in [-0.39, 0.29) is 5.78 Å². The van der Waals surface area contributed by atoms with E-state index in [1.807, 2.05) is 24.4 Å². The van der Waals surface area contributed by atoms with E-state index < -0.39 is 0 Å². The summed E-state index contributed by atoms with van der Waals surface area (Å²) in [5.74, 6) is 0.919. The maximum absolute atomic E-state index is 12.5. The van der Waals surface area contributed by atoms with Gasteiger partial charge in [0, 0.05) is 11.3 Å². The van der Waals surface area contributed by atoms with Crippen molar-refractivity contribution in [3.63, 3.8) is 0 Å². The lowest BCUT2D eigenvalue weighted by atomic mass is 9.91. The van der Waals surface area contributed by atoms with E-state index in [4.69, 9.17) is 0 Å². The summed E-state index contributed by atoms with van der Waals surface area (Å²) in [4.78, 5) is 20.6. The van der Waals surface area contributed by atoms with E-state index in [2.05, 4.69) is 56.8 Å². The van der Waals surface area contributed by atoms with Gasteiger partial charge in [-0.3, -0.25) is 9.20 Å². The van der Waals surface area contributed by atoms with E-state index in [1.165, 1.54) is 44.5 Å². The molecule has 0 radical (unpaired) electrons. The molecule has 0 spiro atoms. The van der Waals surface area contributed by atoms with Crippen LogP contribution in [0.25, 0.3) is 11.7 Å². The van der Waals surface area contributed by atoms with Gasteiger partial charge in [0.15, 0.2) is 5.78 Å². The predicted molar refractivity (Wildman–Crippen MR) is 136 cm³/mol. The second kappa shape index (κ2) is 10.5. The highest BCUT2D eigenvalue weighted by Gasteiger charge is 2.19. The SMILES string of the molecule is O=C(C=CC1=Cc2cnc3cccc(n23)S1)CCC1CCN(CCCc2ccccc2)CC1. The van der Waals surface area contributed by atoms with Crippen LogP contribution >= 0.6 is 11.8 Å². The summed E-state index contributed by atoms with van der Waals surface area (Å²) in [6.45, 7) is 3.53. The lowest BCUT2D eigenvalue weighted by Crippen LogP contribution is -2.34. The summed E-state index contributed by atoms with van der Waals surface area (Å²) >= 11 is 1.69. The maximum Gasteiger partial charge on any atom is 0.155 e. The van der Waals surface area contributed by atoms with Crippen LogP contribution in [0.5, 0.6) is 0 Å². The highest BCUT2D eigenvalue weighted by atomic mass is 32.2. The minimum absolute atomic E-state index is 0.235. The first-order valence-electron chi connectivity index (χ1n) is 12.1. The van der Waals surface area contributed by atoms with Gasteiger partial charge in [-0.25, -0.2) is 4.98 Å². The summed E-state index contributed by atoms with van der Waals surface area (Å²) in [7, 11) is 0. The fraction of sp³-hybridized carbons (Fsp3) is 0.357. The number of ketones is 1. The number of pyridine rings is 1. The molecule has 2 aliphatic rings. The number of imidazole rings is 1. The largest absolute Gasteiger partial charge is 0.303 e. The Kier molecular flexibility index (Phi) is 7.08. The molecule has 1 saturated heterocycles. The summed E-state index contributed by atoms with van der Waals surface area (Å²) in [6.07, 6.45) is 14.2. The number of rotatable bonds is 9. The highest BCUT2D eigenvalue weighted by molar-refractivity contribution is 8.03. The Bertz CT molecular complexity index is 1160. The van der Waals surface area contributed by atoms with Crippen LogP contribution in [-0.2, 0) is 11.2 Å². The molecule has 4 nitrogen and oxygen atoms in total. The van der Waals surface area contributed by atoms with Crippen LogP contribution in [0, 0.1) is 5.92 Å². The van der Waals surface area contributed by atoms with Crippen LogP contribution in [0.4, 0.5) is 0 Å². The van der Waals surface area contributed by atoms with Crippen molar-refractivity contribution in [1.29, 1.82) is 0 Å². The average Bonchev–Trinajstić information content (AvgIpc) is 3.27. The molecular weight excluding hydrogens is 426 g/mol. The van der Waals surface area contributed by atoms with Crippen molar-refractivity contribution >= 4 is 29.3 Å². The summed E-state index contributed by atoms with van der Waals surface area (Å²) < 4.78 is 2.15. The molecule has 5 heteroatoms. The standard InChI is InChI=1S/C28H31N3OS/c32-25(13-14-26-20-24-21-29-27-9-4-10-28(33-26)31(24)27)12-11-23-15-18-30(19-16-23)17-5-8-22-6-2-1-3-7-22/h1-4,6-7,9-10,13-14,20-21,23H,5,8,11-12,15-19H2. The smallest absolute Gasteiger partial charge is 0.155 e. The minimum atomic E-state index is 0.235. The maximum atomic E-state index is 12.5. The molecule has 0 atom stereocenters. The molecule has 0 amide bonds. The van der Waals surface area contributed by atoms with Gasteiger partial charge in [0.1, 0.15) is 5.65 Å². The molecule has 4 heterocycles. The van der Waals surface area contributed by atoms with E-state index >= 15 is 0 Å². The average molecular weight is 458 g/mol. The first-order chi connectivity index (χ1) is 16.2. The molecule has 33 heavy (non-hydrogen) atoms. The molecule has 3 aromatic rings. The highest BCUT2D eigenvalue weighted by Crippen LogP contribution is 2.35. The third kappa shape index (κ3) is 5.66. The molecular formula is C28H31N3OS. The molecule has 0 N–H and O–H groups in total. The van der Waals surface area contributed by atoms with Gasteiger partial charge in [0.25, 0.3) is 0 Å². The van der Waals surface area contributed by atoms with Gasteiger partial charge >= 0.3 is 0 Å². The topological polar surface area (TPSA) is 37.6 Å². The Balaban J connectivity index is 1.03. The van der Waals surface area contributed by atoms with Crippen LogP contribution < -0.4 is 0 Å². The van der Waals surface area contributed by atoms with Gasteiger partial charge < -0.3 is 4.90 Å². The number of aromatic nitrogens is 2. The van der Waals surface area contributed by atoms with E-state index in [1.54, 1.807) is 17.8 Å². The van der Waals surface area contributed by atoms with Crippen LogP contribution in [0.1, 0.15) is 43.4 Å². The molecule has 0 unspecified atom stereocenters. The number of likely N-dealkylation sites (tertiary alicyclic amines) is 1. The zero-order valence-corrected chi connectivity index (χ0v) is 19.8. The Morgan fingerprint density at radius 3 is 2.79 bits per heavy atom. The van der Waals surface area contributed by atoms with E-state index in [0.717, 1.165) is 34.1 Å². The van der Waals surface area contributed by atoms with Gasteiger partial charge in [-0.2, -0.15) is 0 Å². The van der Waals surface area contributed by atoms with Crippen LogP contribution in [-0.4, -0.2) is 39.7 Å². The third-order valence-corrected chi connectivity index (χ3v) is 7.77. The number of piperidine rings is 1. The van der Waals surface area contributed by atoms with Gasteiger partial charge in [0.05, 0.1) is 16.9 Å². The van der Waals surface area contributed by atoms with Crippen molar-refractivity contribution in [1.82, 2.24) is 14.3 Å². The van der Waals surface area contributed by atoms with E-state index in [0.29, 0.717) is 12.3 Å². The zero-order valence-electron chi connectivity index (χ0n) is 19.0. The third-order valence-electron chi connectivity index (χ3n) is 6.76. The van der Waals surface area contributed by atoms with Crippen molar-refractivity contribution in [2.24, 2.45) is 5.92 Å². The van der Waals surface area contributed by atoms with Gasteiger partial charge in [-0.1, -0.05) is 48.2 Å². The quantitative estimate of drug-likeness (QED) is 0.368. The van der Waals surface area contributed by atoms with E-state index in [9.17, 15) is 4.79 Å². The zero-order chi connectivity index (χ0) is 22.5. The van der Waals surface area contributed by atoms with Gasteiger partial charge in [0.2, 0.25) is 0 Å². The lowest BCUT2D eigenvalue weighted by Gasteiger charge is -2.31. The molecule has 0 saturated carbocycles. The Labute approximate surface area is 200 Å².